The molecule has 2 saturated heterocycles. The molecule has 0 saturated carbocycles. The molecule has 1 aromatic heterocycles. The molecule has 11 heteroatoms. The van der Waals surface area contributed by atoms with Crippen molar-refractivity contribution < 1.29 is 14.3 Å². The van der Waals surface area contributed by atoms with Crippen LogP contribution in [0.1, 0.15) is 28.8 Å². The molecule has 0 atom stereocenters. The third-order valence-corrected chi connectivity index (χ3v) is 7.15. The van der Waals surface area contributed by atoms with Crippen LogP contribution >= 0.6 is 23.2 Å². The predicted octanol–water partition coefficient (Wildman–Crippen LogP) is 3.82. The lowest BCUT2D eigenvalue weighted by Gasteiger charge is -2.42. The van der Waals surface area contributed by atoms with Crippen LogP contribution in [0.4, 0.5) is 4.79 Å². The Balaban J connectivity index is 1.08. The van der Waals surface area contributed by atoms with E-state index in [-0.39, 0.29) is 18.6 Å². The molecule has 35 heavy (non-hydrogen) atoms. The highest BCUT2D eigenvalue weighted by Crippen LogP contribution is 2.23. The maximum Gasteiger partial charge on any atom is 0.410 e. The van der Waals surface area contributed by atoms with Gasteiger partial charge in [0.15, 0.2) is 0 Å². The third kappa shape index (κ3) is 5.37. The van der Waals surface area contributed by atoms with E-state index in [1.807, 2.05) is 17.0 Å². The van der Waals surface area contributed by atoms with Gasteiger partial charge < -0.3 is 14.5 Å². The van der Waals surface area contributed by atoms with Gasteiger partial charge in [-0.3, -0.25) is 14.8 Å². The molecular weight excluding hydrogens is 491 g/mol. The molecule has 0 aliphatic carbocycles. The lowest BCUT2D eigenvalue weighted by molar-refractivity contribution is 0.0395. The normalized spacial score (nSPS) is 17.7. The smallest absolute Gasteiger partial charge is 0.410 e. The first-order chi connectivity index (χ1) is 17.0. The fourth-order valence-electron chi connectivity index (χ4n) is 4.85. The zero-order valence-corrected chi connectivity index (χ0v) is 20.6. The molecule has 3 aromatic rings. The standard InChI is InChI=1S/C24H26Cl2N6O3/c25-17-12-16(13-18(26)14-17)15-35-24(34)32-10-8-30(9-11-32)19-4-6-31(7-5-19)23(33)20-2-1-3-21-22(20)28-29-27-21/h1-3,12-14,19H,4-11,15H2,(H,27,28,29). The molecule has 0 spiro atoms. The summed E-state index contributed by atoms with van der Waals surface area (Å²) in [5.74, 6) is -0.00324. The Morgan fingerprint density at radius 3 is 2.40 bits per heavy atom. The van der Waals surface area contributed by atoms with Gasteiger partial charge >= 0.3 is 6.09 Å². The molecule has 0 unspecified atom stereocenters. The number of fused-ring (bicyclic) bond motifs is 1. The summed E-state index contributed by atoms with van der Waals surface area (Å²) in [6, 6.07) is 11.0. The Kier molecular flexibility index (Phi) is 7.08. The number of carbonyl (C=O) groups is 2. The quantitative estimate of drug-likeness (QED) is 0.566. The number of likely N-dealkylation sites (tertiary alicyclic amines) is 1. The highest BCUT2D eigenvalue weighted by atomic mass is 35.5. The van der Waals surface area contributed by atoms with Crippen molar-refractivity contribution in [2.75, 3.05) is 39.3 Å². The van der Waals surface area contributed by atoms with Crippen LogP contribution in [0, 0.1) is 0 Å². The van der Waals surface area contributed by atoms with E-state index in [2.05, 4.69) is 20.3 Å². The first-order valence-corrected chi connectivity index (χ1v) is 12.4. The summed E-state index contributed by atoms with van der Waals surface area (Å²) in [6.45, 7) is 4.33. The minimum Gasteiger partial charge on any atom is -0.445 e. The summed E-state index contributed by atoms with van der Waals surface area (Å²) in [4.78, 5) is 31.6. The number of hydrogen-bond donors (Lipinski definition) is 1. The number of carbonyl (C=O) groups excluding carboxylic acids is 2. The zero-order valence-electron chi connectivity index (χ0n) is 19.1. The van der Waals surface area contributed by atoms with Crippen LogP contribution in [0.15, 0.2) is 36.4 Å². The second kappa shape index (κ2) is 10.4. The SMILES string of the molecule is O=C(OCc1cc(Cl)cc(Cl)c1)N1CCN(C2CCN(C(=O)c3cccc4[nH]nnc34)CC2)CC1. The van der Waals surface area contributed by atoms with Crippen molar-refractivity contribution >= 4 is 46.2 Å². The summed E-state index contributed by atoms with van der Waals surface area (Å²) in [7, 11) is 0. The molecule has 3 heterocycles. The van der Waals surface area contributed by atoms with Crippen molar-refractivity contribution in [2.45, 2.75) is 25.5 Å². The second-order valence-electron chi connectivity index (χ2n) is 8.89. The Hall–Kier alpha value is -2.88. The summed E-state index contributed by atoms with van der Waals surface area (Å²) in [5, 5.41) is 11.7. The molecule has 2 aliphatic heterocycles. The van der Waals surface area contributed by atoms with Crippen molar-refractivity contribution in [2.24, 2.45) is 0 Å². The molecular formula is C24H26Cl2N6O3. The molecule has 0 bridgehead atoms. The first-order valence-electron chi connectivity index (χ1n) is 11.7. The molecule has 1 N–H and O–H groups in total. The molecule has 2 amide bonds. The van der Waals surface area contributed by atoms with Crippen molar-refractivity contribution in [3.05, 3.63) is 57.6 Å². The number of nitrogens with one attached hydrogen (secondary N) is 1. The number of piperazine rings is 1. The van der Waals surface area contributed by atoms with E-state index in [0.29, 0.717) is 53.3 Å². The molecule has 9 nitrogen and oxygen atoms in total. The maximum absolute atomic E-state index is 13.1. The number of rotatable bonds is 4. The maximum atomic E-state index is 13.1. The number of amides is 2. The molecule has 184 valence electrons. The number of aromatic nitrogens is 3. The van der Waals surface area contributed by atoms with Gasteiger partial charge in [-0.1, -0.05) is 34.5 Å². The van der Waals surface area contributed by atoms with Crippen LogP contribution in [0.25, 0.3) is 11.0 Å². The topological polar surface area (TPSA) is 94.7 Å². The lowest BCUT2D eigenvalue weighted by Crippen LogP contribution is -2.54. The summed E-state index contributed by atoms with van der Waals surface area (Å²) in [5.41, 5.74) is 2.72. The van der Waals surface area contributed by atoms with Crippen LogP contribution < -0.4 is 0 Å². The number of ether oxygens (including phenoxy) is 1. The Bertz CT molecular complexity index is 1200. The summed E-state index contributed by atoms with van der Waals surface area (Å²) >= 11 is 12.0. The predicted molar refractivity (Wildman–Crippen MR) is 133 cm³/mol. The number of benzene rings is 2. The summed E-state index contributed by atoms with van der Waals surface area (Å²) in [6.07, 6.45) is 1.48. The molecule has 2 aliphatic rings. The fraction of sp³-hybridized carbons (Fsp3) is 0.417. The van der Waals surface area contributed by atoms with Gasteiger partial charge in [-0.25, -0.2) is 4.79 Å². The minimum absolute atomic E-state index is 0.00324. The second-order valence-corrected chi connectivity index (χ2v) is 9.77. The van der Waals surface area contributed by atoms with Crippen molar-refractivity contribution in [1.82, 2.24) is 30.1 Å². The van der Waals surface area contributed by atoms with Gasteiger partial charge in [-0.15, -0.1) is 5.10 Å². The van der Waals surface area contributed by atoms with Gasteiger partial charge in [0.25, 0.3) is 5.91 Å². The minimum atomic E-state index is -0.330. The average molecular weight is 517 g/mol. The van der Waals surface area contributed by atoms with Crippen LogP contribution in [-0.4, -0.2) is 87.4 Å². The van der Waals surface area contributed by atoms with Gasteiger partial charge in [-0.05, 0) is 48.7 Å². The van der Waals surface area contributed by atoms with Crippen LogP contribution in [0.2, 0.25) is 10.0 Å². The zero-order chi connectivity index (χ0) is 24.4. The van der Waals surface area contributed by atoms with Gasteiger partial charge in [0.2, 0.25) is 0 Å². The van der Waals surface area contributed by atoms with Crippen LogP contribution in [-0.2, 0) is 11.3 Å². The monoisotopic (exact) mass is 516 g/mol. The average Bonchev–Trinajstić information content (AvgIpc) is 3.36. The molecule has 5 rings (SSSR count). The van der Waals surface area contributed by atoms with Gasteiger partial charge in [0.05, 0.1) is 11.1 Å². The van der Waals surface area contributed by atoms with E-state index in [9.17, 15) is 9.59 Å². The van der Waals surface area contributed by atoms with Crippen molar-refractivity contribution in [3.8, 4) is 0 Å². The Morgan fingerprint density at radius 1 is 0.971 bits per heavy atom. The number of hydrogen-bond acceptors (Lipinski definition) is 6. The molecule has 2 aromatic carbocycles. The number of H-pyrrole nitrogens is 1. The molecule has 0 radical (unpaired) electrons. The number of aromatic amines is 1. The number of nitrogens with zero attached hydrogens (tertiary/aromatic N) is 5. The summed E-state index contributed by atoms with van der Waals surface area (Å²) < 4.78 is 5.46. The first kappa shape index (κ1) is 23.8. The van der Waals surface area contributed by atoms with E-state index >= 15 is 0 Å². The third-order valence-electron chi connectivity index (χ3n) is 6.71. The van der Waals surface area contributed by atoms with Crippen molar-refractivity contribution in [1.29, 1.82) is 0 Å². The lowest BCUT2D eigenvalue weighted by atomic mass is 10.0. The van der Waals surface area contributed by atoms with E-state index in [1.165, 1.54) is 0 Å². The highest BCUT2D eigenvalue weighted by molar-refractivity contribution is 6.34. The Labute approximate surface area is 212 Å². The fourth-order valence-corrected chi connectivity index (χ4v) is 5.42. The largest absolute Gasteiger partial charge is 0.445 e. The van der Waals surface area contributed by atoms with Crippen molar-refractivity contribution in [3.63, 3.8) is 0 Å². The van der Waals surface area contributed by atoms with Gasteiger partial charge in [0, 0.05) is 55.4 Å². The van der Waals surface area contributed by atoms with E-state index in [0.717, 1.165) is 37.0 Å². The number of piperidine rings is 1. The van der Waals surface area contributed by atoms with E-state index in [4.69, 9.17) is 27.9 Å². The Morgan fingerprint density at radius 2 is 1.69 bits per heavy atom. The van der Waals surface area contributed by atoms with Crippen LogP contribution in [0.5, 0.6) is 0 Å². The van der Waals surface area contributed by atoms with Crippen LogP contribution in [0.3, 0.4) is 0 Å². The van der Waals surface area contributed by atoms with E-state index < -0.39 is 0 Å². The molecule has 2 fully saturated rings. The van der Waals surface area contributed by atoms with Gasteiger partial charge in [0.1, 0.15) is 12.1 Å². The highest BCUT2D eigenvalue weighted by Gasteiger charge is 2.31. The van der Waals surface area contributed by atoms with E-state index in [1.54, 1.807) is 29.2 Å². The van der Waals surface area contributed by atoms with Gasteiger partial charge in [-0.2, -0.15) is 0 Å². The number of halogens is 2.